The Balaban J connectivity index is 1.41. The van der Waals surface area contributed by atoms with Gasteiger partial charge < -0.3 is 14.8 Å². The van der Waals surface area contributed by atoms with Crippen LogP contribution in [0.4, 0.5) is 5.95 Å². The molecule has 10 nitrogen and oxygen atoms in total. The SMILES string of the molecule is Cc1ccc(-n2nccn2)c(C(=O)N2CCN(c3ncc4cc(Cl)c(=O)[nH]c4n3)CC[C@@H]2C)c1. The third-order valence-corrected chi connectivity index (χ3v) is 6.34. The Hall–Kier alpha value is -3.79. The highest BCUT2D eigenvalue weighted by molar-refractivity contribution is 6.30. The number of aromatic nitrogens is 6. The molecule has 1 aliphatic rings. The van der Waals surface area contributed by atoms with Crippen LogP contribution in [0.1, 0.15) is 29.3 Å². The largest absolute Gasteiger partial charge is 0.339 e. The summed E-state index contributed by atoms with van der Waals surface area (Å²) in [5.74, 6) is 0.438. The van der Waals surface area contributed by atoms with Crippen LogP contribution in [0.15, 0.2) is 47.7 Å². The molecule has 1 saturated heterocycles. The van der Waals surface area contributed by atoms with E-state index in [4.69, 9.17) is 11.6 Å². The van der Waals surface area contributed by atoms with E-state index in [1.807, 2.05) is 41.8 Å². The minimum atomic E-state index is -0.388. The highest BCUT2D eigenvalue weighted by Crippen LogP contribution is 2.23. The lowest BCUT2D eigenvalue weighted by molar-refractivity contribution is 0.0704. The first-order valence-electron chi connectivity index (χ1n) is 11.0. The number of carbonyl (C=O) groups is 1. The quantitative estimate of drug-likeness (QED) is 0.481. The van der Waals surface area contributed by atoms with Gasteiger partial charge in [-0.15, -0.1) is 0 Å². The topological polar surface area (TPSA) is 113 Å². The Morgan fingerprint density at radius 1 is 1.15 bits per heavy atom. The highest BCUT2D eigenvalue weighted by Gasteiger charge is 2.28. The van der Waals surface area contributed by atoms with Crippen LogP contribution < -0.4 is 10.5 Å². The molecule has 0 saturated carbocycles. The average Bonchev–Trinajstić information content (AvgIpc) is 3.29. The number of nitrogens with zero attached hydrogens (tertiary/aromatic N) is 7. The zero-order valence-electron chi connectivity index (χ0n) is 18.8. The minimum absolute atomic E-state index is 0.00973. The molecule has 1 fully saturated rings. The molecular weight excluding hydrogens is 456 g/mol. The number of hydrogen-bond donors (Lipinski definition) is 1. The lowest BCUT2D eigenvalue weighted by Crippen LogP contribution is -2.40. The lowest BCUT2D eigenvalue weighted by Gasteiger charge is -2.27. The molecule has 1 aromatic carbocycles. The lowest BCUT2D eigenvalue weighted by atomic mass is 10.1. The zero-order chi connectivity index (χ0) is 23.8. The van der Waals surface area contributed by atoms with Crippen molar-refractivity contribution in [2.75, 3.05) is 24.5 Å². The van der Waals surface area contributed by atoms with Crippen LogP contribution in [0.2, 0.25) is 5.02 Å². The van der Waals surface area contributed by atoms with Gasteiger partial charge in [-0.25, -0.2) is 4.98 Å². The summed E-state index contributed by atoms with van der Waals surface area (Å²) < 4.78 is 0. The number of nitrogens with one attached hydrogen (secondary N) is 1. The molecule has 1 N–H and O–H groups in total. The van der Waals surface area contributed by atoms with Gasteiger partial charge in [-0.1, -0.05) is 23.2 Å². The Kier molecular flexibility index (Phi) is 5.74. The van der Waals surface area contributed by atoms with Gasteiger partial charge in [0, 0.05) is 37.3 Å². The Bertz CT molecular complexity index is 1420. The molecule has 3 aromatic heterocycles. The molecule has 11 heteroatoms. The van der Waals surface area contributed by atoms with E-state index in [2.05, 4.69) is 25.1 Å². The summed E-state index contributed by atoms with van der Waals surface area (Å²) in [4.78, 5) is 42.6. The highest BCUT2D eigenvalue weighted by atomic mass is 35.5. The number of rotatable bonds is 3. The van der Waals surface area contributed by atoms with Crippen LogP contribution in [0, 0.1) is 6.92 Å². The second-order valence-electron chi connectivity index (χ2n) is 8.38. The molecule has 4 aromatic rings. The number of aromatic amines is 1. The van der Waals surface area contributed by atoms with E-state index >= 15 is 0 Å². The van der Waals surface area contributed by atoms with Gasteiger partial charge in [0.1, 0.15) is 10.7 Å². The van der Waals surface area contributed by atoms with Crippen molar-refractivity contribution in [3.05, 3.63) is 69.4 Å². The smallest absolute Gasteiger partial charge is 0.268 e. The van der Waals surface area contributed by atoms with Crippen LogP contribution in [0.25, 0.3) is 16.7 Å². The Morgan fingerprint density at radius 3 is 2.74 bits per heavy atom. The number of amides is 1. The van der Waals surface area contributed by atoms with Gasteiger partial charge in [0.15, 0.2) is 0 Å². The third-order valence-electron chi connectivity index (χ3n) is 6.06. The molecule has 4 heterocycles. The number of fused-ring (bicyclic) bond motifs is 1. The molecule has 1 amide bonds. The van der Waals surface area contributed by atoms with Crippen LogP contribution in [-0.2, 0) is 0 Å². The molecular formula is C23H23ClN8O2. The maximum absolute atomic E-state index is 13.7. The maximum Gasteiger partial charge on any atom is 0.268 e. The first-order chi connectivity index (χ1) is 16.4. The van der Waals surface area contributed by atoms with Crippen LogP contribution in [0.3, 0.4) is 0 Å². The molecule has 0 aliphatic carbocycles. The van der Waals surface area contributed by atoms with Gasteiger partial charge in [0.2, 0.25) is 5.95 Å². The van der Waals surface area contributed by atoms with Crippen LogP contribution in [0.5, 0.6) is 0 Å². The van der Waals surface area contributed by atoms with Crippen molar-refractivity contribution in [2.24, 2.45) is 0 Å². The van der Waals surface area contributed by atoms with Crippen molar-refractivity contribution < 1.29 is 4.79 Å². The van der Waals surface area contributed by atoms with Gasteiger partial charge in [-0.3, -0.25) is 9.59 Å². The zero-order valence-corrected chi connectivity index (χ0v) is 19.5. The van der Waals surface area contributed by atoms with E-state index in [0.717, 1.165) is 12.0 Å². The van der Waals surface area contributed by atoms with Crippen molar-refractivity contribution in [1.82, 2.24) is 34.8 Å². The predicted molar refractivity (Wildman–Crippen MR) is 129 cm³/mol. The van der Waals surface area contributed by atoms with E-state index in [-0.39, 0.29) is 22.5 Å². The Morgan fingerprint density at radius 2 is 1.94 bits per heavy atom. The predicted octanol–water partition coefficient (Wildman–Crippen LogP) is 2.60. The fourth-order valence-electron chi connectivity index (χ4n) is 4.16. The minimum Gasteiger partial charge on any atom is -0.339 e. The molecule has 1 aliphatic heterocycles. The van der Waals surface area contributed by atoms with Crippen molar-refractivity contribution in [2.45, 2.75) is 26.3 Å². The number of carbonyl (C=O) groups excluding carboxylic acids is 1. The summed E-state index contributed by atoms with van der Waals surface area (Å²) in [7, 11) is 0. The van der Waals surface area contributed by atoms with Crippen LogP contribution >= 0.6 is 11.6 Å². The summed E-state index contributed by atoms with van der Waals surface area (Å²) in [6.45, 7) is 5.73. The van der Waals surface area contributed by atoms with E-state index in [1.165, 1.54) is 4.80 Å². The molecule has 0 spiro atoms. The monoisotopic (exact) mass is 478 g/mol. The fourth-order valence-corrected chi connectivity index (χ4v) is 4.33. The first-order valence-corrected chi connectivity index (χ1v) is 11.4. The van der Waals surface area contributed by atoms with E-state index in [1.54, 1.807) is 24.7 Å². The molecule has 5 rings (SSSR count). The standard InChI is InChI=1S/C23H23ClN8O2/c1-14-3-4-19(32-26-6-7-27-32)17(11-14)22(34)31-10-9-30(8-5-15(31)2)23-25-13-16-12-18(24)21(33)28-20(16)29-23/h3-4,6-7,11-13,15H,5,8-10H2,1-2H3,(H,25,28,29,33)/t15-/m0/s1. The number of H-pyrrole nitrogens is 1. The second-order valence-corrected chi connectivity index (χ2v) is 8.79. The summed E-state index contributed by atoms with van der Waals surface area (Å²) >= 11 is 5.91. The number of hydrogen-bond acceptors (Lipinski definition) is 7. The molecule has 1 atom stereocenters. The molecule has 0 bridgehead atoms. The fraction of sp³-hybridized carbons (Fsp3) is 0.304. The second kappa shape index (κ2) is 8.86. The van der Waals surface area contributed by atoms with Crippen molar-refractivity contribution >= 4 is 34.5 Å². The summed E-state index contributed by atoms with van der Waals surface area (Å²) in [6, 6.07) is 7.25. The number of aryl methyl sites for hydroxylation is 1. The van der Waals surface area contributed by atoms with E-state index < -0.39 is 0 Å². The third kappa shape index (κ3) is 4.12. The van der Waals surface area contributed by atoms with E-state index in [9.17, 15) is 9.59 Å². The van der Waals surface area contributed by atoms with Gasteiger partial charge in [0.25, 0.3) is 11.5 Å². The maximum atomic E-state index is 13.7. The number of pyridine rings is 1. The number of halogens is 1. The Labute approximate surface area is 200 Å². The van der Waals surface area contributed by atoms with Gasteiger partial charge >= 0.3 is 0 Å². The summed E-state index contributed by atoms with van der Waals surface area (Å²) in [6.07, 6.45) is 5.56. The number of benzene rings is 1. The normalized spacial score (nSPS) is 16.6. The average molecular weight is 479 g/mol. The summed E-state index contributed by atoms with van der Waals surface area (Å²) in [5.41, 5.74) is 2.24. The van der Waals surface area contributed by atoms with Gasteiger partial charge in [0.05, 0.1) is 23.6 Å². The van der Waals surface area contributed by atoms with Gasteiger partial charge in [-0.05, 0) is 38.5 Å². The van der Waals surface area contributed by atoms with Crippen molar-refractivity contribution in [3.63, 3.8) is 0 Å². The van der Waals surface area contributed by atoms with Crippen molar-refractivity contribution in [3.8, 4) is 5.69 Å². The van der Waals surface area contributed by atoms with E-state index in [0.29, 0.717) is 47.9 Å². The first kappa shape index (κ1) is 22.0. The molecule has 0 radical (unpaired) electrons. The van der Waals surface area contributed by atoms with Crippen LogP contribution in [-0.4, -0.2) is 66.4 Å². The molecule has 0 unspecified atom stereocenters. The molecule has 34 heavy (non-hydrogen) atoms. The summed E-state index contributed by atoms with van der Waals surface area (Å²) in [5, 5.41) is 9.17. The van der Waals surface area contributed by atoms with Gasteiger partial charge in [-0.2, -0.15) is 20.0 Å². The molecule has 174 valence electrons. The number of anilines is 1. The van der Waals surface area contributed by atoms with Crippen molar-refractivity contribution in [1.29, 1.82) is 0 Å².